The van der Waals surface area contributed by atoms with Gasteiger partial charge in [0.1, 0.15) is 23.1 Å². The van der Waals surface area contributed by atoms with Gasteiger partial charge in [-0.1, -0.05) is 77.9 Å². The predicted octanol–water partition coefficient (Wildman–Crippen LogP) is 8.96. The minimum Gasteiger partial charge on any atom is -0.507 e. The Morgan fingerprint density at radius 1 is 0.793 bits per heavy atom. The summed E-state index contributed by atoms with van der Waals surface area (Å²) in [5.74, 6) is -4.46. The van der Waals surface area contributed by atoms with E-state index in [0.717, 1.165) is 33.2 Å². The summed E-state index contributed by atoms with van der Waals surface area (Å²) in [6.07, 6.45) is 6.21. The van der Waals surface area contributed by atoms with Crippen LogP contribution >= 0.6 is 11.6 Å². The van der Waals surface area contributed by atoms with Crippen LogP contribution in [-0.4, -0.2) is 43.0 Å². The minimum absolute atomic E-state index is 0.0660. The Bertz CT molecular complexity index is 2640. The van der Waals surface area contributed by atoms with Crippen LogP contribution < -0.4 is 19.3 Å². The van der Waals surface area contributed by atoms with Crippen LogP contribution in [0.3, 0.4) is 0 Å². The van der Waals surface area contributed by atoms with Gasteiger partial charge in [0.15, 0.2) is 0 Å². The Balaban J connectivity index is 1.09. The lowest BCUT2D eigenvalue weighted by molar-refractivity contribution is -0.131. The van der Waals surface area contributed by atoms with Crippen LogP contribution in [0.4, 0.5) is 15.8 Å². The number of carbonyl (C=O) groups is 4. The average molecular weight is 797 g/mol. The van der Waals surface area contributed by atoms with Crippen molar-refractivity contribution >= 4 is 69.5 Å². The number of anilines is 2. The molecule has 4 aliphatic rings. The first-order valence-electron chi connectivity index (χ1n) is 19.1. The van der Waals surface area contributed by atoms with E-state index in [2.05, 4.69) is 0 Å². The van der Waals surface area contributed by atoms with Gasteiger partial charge in [-0.05, 0) is 96.8 Å². The maximum Gasteiger partial charge on any atom is 0.241 e. The number of benzene rings is 5. The number of halogens is 2. The van der Waals surface area contributed by atoms with Crippen LogP contribution in [0, 0.1) is 34.9 Å². The highest BCUT2D eigenvalue weighted by molar-refractivity contribution is 6.32. The first-order valence-corrected chi connectivity index (χ1v) is 19.5. The van der Waals surface area contributed by atoms with Crippen LogP contribution in [0.5, 0.6) is 17.2 Å². The van der Waals surface area contributed by atoms with Crippen molar-refractivity contribution < 1.29 is 38.1 Å². The zero-order valence-corrected chi connectivity index (χ0v) is 32.6. The monoisotopic (exact) mass is 796 g/mol. The highest BCUT2D eigenvalue weighted by Gasteiger charge is 2.67. The third-order valence-corrected chi connectivity index (χ3v) is 13.0. The molecule has 0 spiro atoms. The van der Waals surface area contributed by atoms with Gasteiger partial charge >= 0.3 is 0 Å². The van der Waals surface area contributed by atoms with Crippen LogP contribution in [0.15, 0.2) is 109 Å². The fourth-order valence-corrected chi connectivity index (χ4v) is 10.1. The van der Waals surface area contributed by atoms with Crippen molar-refractivity contribution in [2.45, 2.75) is 25.7 Å². The Kier molecular flexibility index (Phi) is 9.00. The standard InChI is InChI=1S/C47H38ClFN2O7/c1-47-36(44(54)51(46(47)56)28-14-19-38(49)37(48)23-28)24-35-33(42(47)32-18-20-39(52)31-7-5-4-6-30(31)32)16-17-34-41(35)45(55)50(43(34)53)27-12-9-25(10-13-27)8-11-26-22-29(57-2)15-21-40(26)58-3/h4-16,18-23,34-36,41-42,52H,17,24H2,1-3H3. The Labute approximate surface area is 338 Å². The first kappa shape index (κ1) is 37.3. The van der Waals surface area contributed by atoms with Gasteiger partial charge in [0, 0.05) is 16.9 Å². The van der Waals surface area contributed by atoms with E-state index in [0.29, 0.717) is 28.0 Å². The number of allylic oxidation sites excluding steroid dienone is 2. The molecule has 1 N–H and O–H groups in total. The summed E-state index contributed by atoms with van der Waals surface area (Å²) in [6, 6.07) is 27.1. The second kappa shape index (κ2) is 14.0. The van der Waals surface area contributed by atoms with Crippen molar-refractivity contribution in [3.63, 3.8) is 0 Å². The van der Waals surface area contributed by atoms with Crippen LogP contribution in [-0.2, 0) is 19.2 Å². The summed E-state index contributed by atoms with van der Waals surface area (Å²) in [5, 5.41) is 11.9. The number of hydrogen-bond donors (Lipinski definition) is 1. The molecule has 1 saturated carbocycles. The summed E-state index contributed by atoms with van der Waals surface area (Å²) in [7, 11) is 3.19. The summed E-state index contributed by atoms with van der Waals surface area (Å²) in [6.45, 7) is 1.78. The maximum atomic E-state index is 14.9. The van der Waals surface area contributed by atoms with Crippen LogP contribution in [0.25, 0.3) is 22.9 Å². The van der Waals surface area contributed by atoms with E-state index in [4.69, 9.17) is 21.1 Å². The van der Waals surface area contributed by atoms with Gasteiger partial charge in [-0.2, -0.15) is 0 Å². The number of imide groups is 2. The first-order chi connectivity index (χ1) is 28.0. The number of fused-ring (bicyclic) bond motifs is 5. The van der Waals surface area contributed by atoms with Crippen molar-refractivity contribution in [2.24, 2.45) is 29.1 Å². The smallest absolute Gasteiger partial charge is 0.241 e. The fraction of sp³-hybridized carbons (Fsp3) is 0.234. The number of ether oxygens (including phenoxy) is 2. The highest BCUT2D eigenvalue weighted by atomic mass is 35.5. The van der Waals surface area contributed by atoms with Gasteiger partial charge < -0.3 is 14.6 Å². The van der Waals surface area contributed by atoms with Crippen molar-refractivity contribution in [1.82, 2.24) is 0 Å². The molecule has 5 aromatic rings. The van der Waals surface area contributed by atoms with Gasteiger partial charge in [-0.25, -0.2) is 9.29 Å². The number of carbonyl (C=O) groups excluding carboxylic acids is 4. The lowest BCUT2D eigenvalue weighted by Gasteiger charge is -2.49. The molecule has 58 heavy (non-hydrogen) atoms. The Hall–Kier alpha value is -6.26. The molecular formula is C47H38ClFN2O7. The number of phenols is 1. The van der Waals surface area contributed by atoms with E-state index in [9.17, 15) is 28.7 Å². The van der Waals surface area contributed by atoms with Gasteiger partial charge in [0.25, 0.3) is 0 Å². The van der Waals surface area contributed by atoms with E-state index in [1.165, 1.54) is 17.0 Å². The summed E-state index contributed by atoms with van der Waals surface area (Å²) >= 11 is 6.16. The average Bonchev–Trinajstić information content (AvgIpc) is 3.61. The lowest BCUT2D eigenvalue weighted by atomic mass is 9.51. The van der Waals surface area contributed by atoms with Gasteiger partial charge in [-0.3, -0.25) is 24.1 Å². The summed E-state index contributed by atoms with van der Waals surface area (Å²) in [4.78, 5) is 60.8. The van der Waals surface area contributed by atoms with Gasteiger partial charge in [-0.15, -0.1) is 0 Å². The molecule has 292 valence electrons. The highest BCUT2D eigenvalue weighted by Crippen LogP contribution is 2.64. The van der Waals surface area contributed by atoms with Crippen molar-refractivity contribution in [2.75, 3.05) is 24.0 Å². The van der Waals surface area contributed by atoms with Crippen LogP contribution in [0.1, 0.15) is 42.4 Å². The van der Waals surface area contributed by atoms with Crippen molar-refractivity contribution in [3.8, 4) is 17.2 Å². The predicted molar refractivity (Wildman–Crippen MR) is 219 cm³/mol. The minimum atomic E-state index is -1.34. The van der Waals surface area contributed by atoms with E-state index in [-0.39, 0.29) is 41.1 Å². The van der Waals surface area contributed by atoms with Crippen molar-refractivity contribution in [3.05, 3.63) is 136 Å². The number of aromatic hydroxyl groups is 1. The number of rotatable bonds is 7. The molecule has 2 aliphatic heterocycles. The molecule has 3 fully saturated rings. The number of hydrogen-bond acceptors (Lipinski definition) is 7. The molecule has 9 rings (SSSR count). The number of methoxy groups -OCH3 is 2. The second-order valence-corrected chi connectivity index (χ2v) is 15.9. The number of amides is 4. The normalized spacial score (nSPS) is 25.3. The lowest BCUT2D eigenvalue weighted by Crippen LogP contribution is -2.49. The molecule has 2 heterocycles. The molecule has 6 atom stereocenters. The Morgan fingerprint density at radius 2 is 1.53 bits per heavy atom. The molecular weight excluding hydrogens is 759 g/mol. The molecule has 0 radical (unpaired) electrons. The van der Waals surface area contributed by atoms with Crippen LogP contribution in [0.2, 0.25) is 5.02 Å². The molecule has 2 saturated heterocycles. The molecule has 0 bridgehead atoms. The molecule has 2 aliphatic carbocycles. The number of nitrogens with zero attached hydrogens (tertiary/aromatic N) is 2. The molecule has 9 nitrogen and oxygen atoms in total. The topological polar surface area (TPSA) is 113 Å². The third-order valence-electron chi connectivity index (χ3n) is 12.7. The van der Waals surface area contributed by atoms with E-state index < -0.39 is 52.6 Å². The Morgan fingerprint density at radius 3 is 2.26 bits per heavy atom. The van der Waals surface area contributed by atoms with E-state index >= 15 is 0 Å². The maximum absolute atomic E-state index is 14.9. The fourth-order valence-electron chi connectivity index (χ4n) is 9.93. The summed E-state index contributed by atoms with van der Waals surface area (Å²) in [5.41, 5.74) is 2.44. The molecule has 5 aromatic carbocycles. The second-order valence-electron chi connectivity index (χ2n) is 15.5. The molecule has 0 aromatic heterocycles. The molecule has 4 amide bonds. The number of phenolic OH excluding ortho intramolecular Hbond substituents is 1. The quantitative estimate of drug-likeness (QED) is 0.0994. The summed E-state index contributed by atoms with van der Waals surface area (Å²) < 4.78 is 25.2. The zero-order valence-electron chi connectivity index (χ0n) is 31.8. The SMILES string of the molecule is COc1ccc(OC)c(C=Cc2ccc(N3C(=O)C4CC=C5C(CC6C(=O)N(c7ccc(F)c(Cl)c7)C(=O)C6(C)C5c5ccc(O)c6ccccc56)C4C3=O)cc2)c1. The molecule has 11 heteroatoms. The van der Waals surface area contributed by atoms with E-state index in [1.807, 2.05) is 66.8 Å². The van der Waals surface area contributed by atoms with Gasteiger partial charge in [0.05, 0.1) is 53.8 Å². The zero-order chi connectivity index (χ0) is 40.6. The third kappa shape index (κ3) is 5.56. The largest absolute Gasteiger partial charge is 0.507 e. The molecule has 6 unspecified atom stereocenters. The van der Waals surface area contributed by atoms with Gasteiger partial charge in [0.2, 0.25) is 23.6 Å². The van der Waals surface area contributed by atoms with E-state index in [1.54, 1.807) is 51.5 Å². The van der Waals surface area contributed by atoms with Crippen molar-refractivity contribution in [1.29, 1.82) is 0 Å².